The fourth-order valence-corrected chi connectivity index (χ4v) is 5.56. The molecule has 3 aromatic rings. The molecule has 3 N–H and O–H groups in total. The topological polar surface area (TPSA) is 134 Å². The van der Waals surface area contributed by atoms with E-state index in [9.17, 15) is 14.0 Å². The SMILES string of the molecule is [B]C1(C(=O)N2CCN(C3COC3)CC2)CCN(c2c(F)cncc2NC(=O)c2c(N)nn3cc(F)cnc23)CC1. The van der Waals surface area contributed by atoms with E-state index in [1.54, 1.807) is 4.90 Å². The van der Waals surface area contributed by atoms with Crippen molar-refractivity contribution in [1.82, 2.24) is 29.4 Å². The first-order valence-corrected chi connectivity index (χ1v) is 13.1. The van der Waals surface area contributed by atoms with Crippen LogP contribution in [-0.2, 0) is 9.53 Å². The Morgan fingerprint density at radius 1 is 1.07 bits per heavy atom. The average molecular weight is 551 g/mol. The number of piperidine rings is 1. The number of amides is 2. The fraction of sp³-hybridized carbons (Fsp3) is 0.480. The smallest absolute Gasteiger partial charge is 0.263 e. The molecule has 0 aromatic carbocycles. The van der Waals surface area contributed by atoms with E-state index in [1.807, 2.05) is 4.90 Å². The lowest BCUT2D eigenvalue weighted by atomic mass is 9.61. The number of fused-ring (bicyclic) bond motifs is 1. The summed E-state index contributed by atoms with van der Waals surface area (Å²) in [6, 6.07) is 0.431. The molecule has 6 rings (SSSR count). The third kappa shape index (κ3) is 4.72. The van der Waals surface area contributed by atoms with Gasteiger partial charge in [0.15, 0.2) is 23.1 Å². The van der Waals surface area contributed by atoms with Crippen LogP contribution < -0.4 is 16.0 Å². The molecule has 6 heterocycles. The molecule has 0 spiro atoms. The van der Waals surface area contributed by atoms with Gasteiger partial charge >= 0.3 is 0 Å². The maximum absolute atomic E-state index is 15.1. The van der Waals surface area contributed by atoms with Crippen LogP contribution in [0, 0.1) is 11.6 Å². The van der Waals surface area contributed by atoms with E-state index < -0.39 is 22.9 Å². The Balaban J connectivity index is 1.14. The molecule has 40 heavy (non-hydrogen) atoms. The number of pyridine rings is 1. The molecule has 12 nitrogen and oxygen atoms in total. The highest BCUT2D eigenvalue weighted by Gasteiger charge is 2.41. The highest BCUT2D eigenvalue weighted by molar-refractivity contribution is 6.28. The Morgan fingerprint density at radius 2 is 1.80 bits per heavy atom. The molecule has 3 saturated heterocycles. The summed E-state index contributed by atoms with van der Waals surface area (Å²) in [6.45, 7) is 4.87. The zero-order valence-corrected chi connectivity index (χ0v) is 21.7. The van der Waals surface area contributed by atoms with E-state index in [-0.39, 0.29) is 34.3 Å². The molecular weight excluding hydrogens is 523 g/mol. The van der Waals surface area contributed by atoms with Gasteiger partial charge in [-0.15, -0.1) is 5.10 Å². The van der Waals surface area contributed by atoms with Crippen molar-refractivity contribution in [2.45, 2.75) is 24.2 Å². The summed E-state index contributed by atoms with van der Waals surface area (Å²) in [7, 11) is 6.62. The molecular formula is C25H28BF2N9O3. The van der Waals surface area contributed by atoms with Crippen LogP contribution in [0.4, 0.5) is 26.0 Å². The van der Waals surface area contributed by atoms with Gasteiger partial charge in [-0.3, -0.25) is 19.5 Å². The molecule has 0 aliphatic carbocycles. The van der Waals surface area contributed by atoms with Crippen molar-refractivity contribution >= 4 is 42.5 Å². The van der Waals surface area contributed by atoms with Crippen LogP contribution in [0.5, 0.6) is 0 Å². The van der Waals surface area contributed by atoms with Gasteiger partial charge in [0, 0.05) is 44.6 Å². The lowest BCUT2D eigenvalue weighted by Gasteiger charge is -2.46. The van der Waals surface area contributed by atoms with E-state index in [2.05, 4.69) is 25.3 Å². The zero-order chi connectivity index (χ0) is 28.0. The van der Waals surface area contributed by atoms with Crippen molar-refractivity contribution in [3.05, 3.63) is 42.0 Å². The molecule has 2 radical (unpaired) electrons. The van der Waals surface area contributed by atoms with Gasteiger partial charge in [0.25, 0.3) is 5.91 Å². The van der Waals surface area contributed by atoms with Gasteiger partial charge < -0.3 is 25.6 Å². The largest absolute Gasteiger partial charge is 0.381 e. The first-order chi connectivity index (χ1) is 19.2. The van der Waals surface area contributed by atoms with Gasteiger partial charge in [-0.05, 0) is 12.8 Å². The van der Waals surface area contributed by atoms with Crippen molar-refractivity contribution in [3.8, 4) is 0 Å². The van der Waals surface area contributed by atoms with Crippen LogP contribution in [0.25, 0.3) is 5.65 Å². The molecule has 0 unspecified atom stereocenters. The number of carbonyl (C=O) groups is 2. The summed E-state index contributed by atoms with van der Waals surface area (Å²) in [4.78, 5) is 40.3. The summed E-state index contributed by atoms with van der Waals surface area (Å²) < 4.78 is 35.0. The molecule has 0 bridgehead atoms. The lowest BCUT2D eigenvalue weighted by molar-refractivity contribution is -0.139. The Labute approximate surface area is 229 Å². The predicted octanol–water partition coefficient (Wildman–Crippen LogP) is 0.707. The van der Waals surface area contributed by atoms with Gasteiger partial charge in [-0.25, -0.2) is 18.3 Å². The molecule has 0 atom stereocenters. The number of nitrogen functional groups attached to an aromatic ring is 1. The van der Waals surface area contributed by atoms with Crippen molar-refractivity contribution in [3.63, 3.8) is 0 Å². The van der Waals surface area contributed by atoms with Crippen LogP contribution in [0.3, 0.4) is 0 Å². The number of nitrogens with one attached hydrogen (secondary N) is 1. The minimum Gasteiger partial charge on any atom is -0.381 e. The third-order valence-electron chi connectivity index (χ3n) is 7.95. The van der Waals surface area contributed by atoms with E-state index in [4.69, 9.17) is 18.3 Å². The number of rotatable bonds is 5. The third-order valence-corrected chi connectivity index (χ3v) is 7.95. The second kappa shape index (κ2) is 10.3. The summed E-state index contributed by atoms with van der Waals surface area (Å²) in [6.07, 6.45) is 5.00. The maximum Gasteiger partial charge on any atom is 0.263 e. The van der Waals surface area contributed by atoms with Crippen LogP contribution >= 0.6 is 0 Å². The molecule has 0 saturated carbocycles. The summed E-state index contributed by atoms with van der Waals surface area (Å²) in [5.41, 5.74) is 6.12. The van der Waals surface area contributed by atoms with E-state index in [0.717, 1.165) is 49.4 Å². The van der Waals surface area contributed by atoms with Crippen LogP contribution in [-0.4, -0.2) is 108 Å². The normalized spacial score (nSPS) is 19.9. The second-order valence-electron chi connectivity index (χ2n) is 10.4. The highest BCUT2D eigenvalue weighted by atomic mass is 19.1. The zero-order valence-electron chi connectivity index (χ0n) is 21.7. The molecule has 3 aliphatic heterocycles. The number of halogens is 2. The van der Waals surface area contributed by atoms with Crippen molar-refractivity contribution in [2.75, 3.05) is 68.4 Å². The number of piperazine rings is 1. The Hall–Kier alpha value is -3.85. The monoisotopic (exact) mass is 551 g/mol. The molecule has 3 aromatic heterocycles. The number of ether oxygens (including phenoxy) is 1. The van der Waals surface area contributed by atoms with Gasteiger partial charge in [0.2, 0.25) is 5.91 Å². The Morgan fingerprint density at radius 3 is 2.48 bits per heavy atom. The predicted molar refractivity (Wildman–Crippen MR) is 142 cm³/mol. The van der Waals surface area contributed by atoms with Crippen LogP contribution in [0.1, 0.15) is 23.2 Å². The van der Waals surface area contributed by atoms with Crippen LogP contribution in [0.2, 0.25) is 5.31 Å². The number of hydrogen-bond acceptors (Lipinski definition) is 9. The van der Waals surface area contributed by atoms with Gasteiger partial charge in [-0.1, -0.05) is 0 Å². The molecule has 208 valence electrons. The molecule has 3 aliphatic rings. The number of nitrogens with zero attached hydrogens (tertiary/aromatic N) is 7. The number of nitrogens with two attached hydrogens (primary N) is 1. The van der Waals surface area contributed by atoms with Gasteiger partial charge in [0.1, 0.15) is 11.3 Å². The first-order valence-electron chi connectivity index (χ1n) is 13.1. The number of carbonyl (C=O) groups excluding carboxylic acids is 2. The van der Waals surface area contributed by atoms with Crippen molar-refractivity contribution in [2.24, 2.45) is 0 Å². The number of aromatic nitrogens is 4. The number of anilines is 3. The van der Waals surface area contributed by atoms with Crippen molar-refractivity contribution in [1.29, 1.82) is 0 Å². The minimum atomic E-state index is -1.06. The quantitative estimate of drug-likeness (QED) is 0.440. The van der Waals surface area contributed by atoms with E-state index >= 15 is 4.39 Å². The highest BCUT2D eigenvalue weighted by Crippen LogP contribution is 2.41. The van der Waals surface area contributed by atoms with Gasteiger partial charge in [-0.2, -0.15) is 0 Å². The maximum atomic E-state index is 15.1. The van der Waals surface area contributed by atoms with Crippen LogP contribution in [0.15, 0.2) is 24.8 Å². The molecule has 15 heteroatoms. The Kier molecular flexibility index (Phi) is 6.78. The second-order valence-corrected chi connectivity index (χ2v) is 10.4. The molecule has 3 fully saturated rings. The summed E-state index contributed by atoms with van der Waals surface area (Å²) in [5, 5.41) is 5.52. The minimum absolute atomic E-state index is 0.0496. The standard InChI is InChI=1S/C25H28BF2N9O3/c26-25(24(39)36-7-5-34(6-8-36)16-13-40-14-16)1-3-35(4-2-25)20-17(28)10-30-11-18(20)32-23(38)19-21(29)33-37-12-15(27)9-31-22(19)37/h9-12,16H,1-8,13-14H2,(H2,29,33)(H,32,38). The first kappa shape index (κ1) is 26.4. The summed E-state index contributed by atoms with van der Waals surface area (Å²) >= 11 is 0. The van der Waals surface area contributed by atoms with Crippen molar-refractivity contribution < 1.29 is 23.1 Å². The average Bonchev–Trinajstić information content (AvgIpc) is 3.23. The van der Waals surface area contributed by atoms with E-state index in [0.29, 0.717) is 45.1 Å². The molecule has 2 amide bonds. The number of hydrogen-bond donors (Lipinski definition) is 2. The summed E-state index contributed by atoms with van der Waals surface area (Å²) in [5.74, 6) is -2.24. The Bertz CT molecular complexity index is 1450. The fourth-order valence-electron chi connectivity index (χ4n) is 5.56. The van der Waals surface area contributed by atoms with Gasteiger partial charge in [0.05, 0.1) is 57.6 Å². The van der Waals surface area contributed by atoms with E-state index in [1.165, 1.54) is 6.20 Å². The lowest BCUT2D eigenvalue weighted by Crippen LogP contribution is -2.59.